The van der Waals surface area contributed by atoms with Gasteiger partial charge < -0.3 is 0 Å². The van der Waals surface area contributed by atoms with Crippen LogP contribution in [0.1, 0.15) is 33.0 Å². The van der Waals surface area contributed by atoms with Crippen LogP contribution < -0.4 is 0 Å². The molecule has 18 heavy (non-hydrogen) atoms. The third kappa shape index (κ3) is 2.82. The summed E-state index contributed by atoms with van der Waals surface area (Å²) in [5.41, 5.74) is 0. The second-order valence-electron chi connectivity index (χ2n) is 4.39. The lowest BCUT2D eigenvalue weighted by molar-refractivity contribution is 0.201. The van der Waals surface area contributed by atoms with Crippen molar-refractivity contribution in [2.45, 2.75) is 39.8 Å². The molecule has 0 N–H and O–H groups in total. The molecule has 1 atom stereocenters. The Hall–Kier alpha value is -0.710. The van der Waals surface area contributed by atoms with E-state index in [9.17, 15) is 0 Å². The van der Waals surface area contributed by atoms with E-state index >= 15 is 0 Å². The summed E-state index contributed by atoms with van der Waals surface area (Å²) in [5.74, 6) is 0.817. The Morgan fingerprint density at radius 1 is 1.39 bits per heavy atom. The van der Waals surface area contributed by atoms with Gasteiger partial charge in [0.25, 0.3) is 0 Å². The van der Waals surface area contributed by atoms with Crippen LogP contribution in [-0.4, -0.2) is 27.5 Å². The molecule has 0 radical (unpaired) electrons. The summed E-state index contributed by atoms with van der Waals surface area (Å²) in [6.45, 7) is 8.35. The number of hydrogen-bond donors (Lipinski definition) is 0. The largest absolute Gasteiger partial charge is 0.294 e. The maximum atomic E-state index is 6.18. The third-order valence-electron chi connectivity index (χ3n) is 3.29. The predicted octanol–water partition coefficient (Wildman–Crippen LogP) is 3.97. The van der Waals surface area contributed by atoms with Crippen LogP contribution in [0.2, 0.25) is 5.15 Å². The number of halogens is 1. The van der Waals surface area contributed by atoms with Gasteiger partial charge >= 0.3 is 0 Å². The Labute approximate surface area is 117 Å². The summed E-state index contributed by atoms with van der Waals surface area (Å²) in [7, 11) is 0. The topological polar surface area (TPSA) is 29.0 Å². The number of nitrogens with zero attached hydrogens (tertiary/aromatic N) is 3. The van der Waals surface area contributed by atoms with Crippen molar-refractivity contribution in [2.75, 3.05) is 6.54 Å². The average Bonchev–Trinajstić information content (AvgIpc) is 2.83. The smallest absolute Gasteiger partial charge is 0.145 e. The first-order valence-electron chi connectivity index (χ1n) is 6.29. The van der Waals surface area contributed by atoms with Crippen LogP contribution in [0.3, 0.4) is 0 Å². The average molecular weight is 284 g/mol. The number of rotatable bonds is 5. The lowest BCUT2D eigenvalue weighted by Gasteiger charge is -2.25. The highest BCUT2D eigenvalue weighted by Gasteiger charge is 2.14. The summed E-state index contributed by atoms with van der Waals surface area (Å²) in [5, 5.41) is 3.52. The molecule has 2 rings (SSSR count). The van der Waals surface area contributed by atoms with E-state index in [1.165, 1.54) is 0 Å². The summed E-state index contributed by atoms with van der Waals surface area (Å²) >= 11 is 7.79. The molecule has 0 spiro atoms. The molecule has 0 saturated carbocycles. The van der Waals surface area contributed by atoms with E-state index in [4.69, 9.17) is 11.6 Å². The highest BCUT2D eigenvalue weighted by Crippen LogP contribution is 2.25. The fourth-order valence-corrected chi connectivity index (χ4v) is 3.04. The predicted molar refractivity (Wildman–Crippen MR) is 78.3 cm³/mol. The standard InChI is InChI=1S/C13H18ClN3S/c1-4-9(3)17(5-2)8-11-15-12(14)10-6-7-18-13(10)16-11/h6-7,9H,4-5,8H2,1-3H3. The van der Waals surface area contributed by atoms with E-state index < -0.39 is 0 Å². The molecule has 0 amide bonds. The monoisotopic (exact) mass is 283 g/mol. The fraction of sp³-hybridized carbons (Fsp3) is 0.538. The fourth-order valence-electron chi connectivity index (χ4n) is 1.95. The van der Waals surface area contributed by atoms with Crippen molar-refractivity contribution < 1.29 is 0 Å². The Kier molecular flexibility index (Phi) is 4.54. The summed E-state index contributed by atoms with van der Waals surface area (Å²) < 4.78 is 0. The van der Waals surface area contributed by atoms with Gasteiger partial charge in [-0.05, 0) is 31.3 Å². The van der Waals surface area contributed by atoms with Crippen LogP contribution in [0.15, 0.2) is 11.4 Å². The van der Waals surface area contributed by atoms with Crippen LogP contribution in [-0.2, 0) is 6.54 Å². The minimum Gasteiger partial charge on any atom is -0.294 e. The number of aromatic nitrogens is 2. The molecular formula is C13H18ClN3S. The Morgan fingerprint density at radius 2 is 2.17 bits per heavy atom. The van der Waals surface area contributed by atoms with Crippen molar-refractivity contribution >= 4 is 33.2 Å². The Balaban J connectivity index is 2.25. The van der Waals surface area contributed by atoms with Crippen molar-refractivity contribution in [2.24, 2.45) is 0 Å². The lowest BCUT2D eigenvalue weighted by Crippen LogP contribution is -2.32. The highest BCUT2D eigenvalue weighted by atomic mass is 35.5. The molecule has 0 aliphatic heterocycles. The molecule has 2 aromatic heterocycles. The van der Waals surface area contributed by atoms with Gasteiger partial charge in [-0.25, -0.2) is 9.97 Å². The Morgan fingerprint density at radius 3 is 2.83 bits per heavy atom. The second-order valence-corrected chi connectivity index (χ2v) is 5.64. The molecule has 2 aromatic rings. The lowest BCUT2D eigenvalue weighted by atomic mass is 10.2. The van der Waals surface area contributed by atoms with E-state index in [-0.39, 0.29) is 0 Å². The molecule has 0 aliphatic rings. The first-order valence-corrected chi connectivity index (χ1v) is 7.55. The summed E-state index contributed by atoms with van der Waals surface area (Å²) in [4.78, 5) is 12.3. The zero-order valence-corrected chi connectivity index (χ0v) is 12.6. The van der Waals surface area contributed by atoms with Crippen molar-refractivity contribution in [1.82, 2.24) is 14.9 Å². The molecular weight excluding hydrogens is 266 g/mol. The van der Waals surface area contributed by atoms with Gasteiger partial charge in [-0.2, -0.15) is 0 Å². The quantitative estimate of drug-likeness (QED) is 0.778. The van der Waals surface area contributed by atoms with Gasteiger partial charge in [0.05, 0.1) is 6.54 Å². The number of hydrogen-bond acceptors (Lipinski definition) is 4. The van der Waals surface area contributed by atoms with Crippen LogP contribution in [0.5, 0.6) is 0 Å². The van der Waals surface area contributed by atoms with E-state index in [0.717, 1.165) is 35.6 Å². The van der Waals surface area contributed by atoms with Crippen LogP contribution in [0.4, 0.5) is 0 Å². The van der Waals surface area contributed by atoms with Crippen LogP contribution >= 0.6 is 22.9 Å². The molecule has 5 heteroatoms. The van der Waals surface area contributed by atoms with Crippen molar-refractivity contribution in [1.29, 1.82) is 0 Å². The maximum Gasteiger partial charge on any atom is 0.145 e. The first kappa shape index (κ1) is 13.7. The molecule has 0 aromatic carbocycles. The number of thiophene rings is 1. The maximum absolute atomic E-state index is 6.18. The van der Waals surface area contributed by atoms with Gasteiger partial charge in [0.15, 0.2) is 0 Å². The molecule has 98 valence electrons. The highest BCUT2D eigenvalue weighted by molar-refractivity contribution is 7.16. The van der Waals surface area contributed by atoms with Gasteiger partial charge in [-0.1, -0.05) is 25.4 Å². The minimum atomic E-state index is 0.538. The van der Waals surface area contributed by atoms with Gasteiger partial charge in [-0.3, -0.25) is 4.90 Å². The molecule has 0 fully saturated rings. The Bertz CT molecular complexity index is 526. The second kappa shape index (κ2) is 5.95. The van der Waals surface area contributed by atoms with E-state index in [2.05, 4.69) is 35.6 Å². The van der Waals surface area contributed by atoms with E-state index in [1.54, 1.807) is 11.3 Å². The molecule has 1 unspecified atom stereocenters. The minimum absolute atomic E-state index is 0.538. The zero-order chi connectivity index (χ0) is 13.1. The summed E-state index contributed by atoms with van der Waals surface area (Å²) in [6, 6.07) is 2.51. The van der Waals surface area contributed by atoms with Crippen LogP contribution in [0, 0.1) is 0 Å². The van der Waals surface area contributed by atoms with Crippen molar-refractivity contribution in [3.8, 4) is 0 Å². The third-order valence-corrected chi connectivity index (χ3v) is 4.38. The van der Waals surface area contributed by atoms with Gasteiger partial charge in [0, 0.05) is 11.4 Å². The molecule has 2 heterocycles. The molecule has 0 bridgehead atoms. The molecule has 3 nitrogen and oxygen atoms in total. The van der Waals surface area contributed by atoms with Crippen molar-refractivity contribution in [3.63, 3.8) is 0 Å². The normalized spacial score (nSPS) is 13.4. The van der Waals surface area contributed by atoms with E-state index in [1.807, 2.05) is 11.4 Å². The zero-order valence-electron chi connectivity index (χ0n) is 11.0. The van der Waals surface area contributed by atoms with E-state index in [0.29, 0.717) is 11.2 Å². The van der Waals surface area contributed by atoms with Gasteiger partial charge in [0.1, 0.15) is 15.8 Å². The van der Waals surface area contributed by atoms with Gasteiger partial charge in [-0.15, -0.1) is 11.3 Å². The summed E-state index contributed by atoms with van der Waals surface area (Å²) in [6.07, 6.45) is 1.13. The number of fused-ring (bicyclic) bond motifs is 1. The van der Waals surface area contributed by atoms with Gasteiger partial charge in [0.2, 0.25) is 0 Å². The molecule has 0 saturated heterocycles. The van der Waals surface area contributed by atoms with Crippen molar-refractivity contribution in [3.05, 3.63) is 22.4 Å². The molecule has 0 aliphatic carbocycles. The van der Waals surface area contributed by atoms with Crippen LogP contribution in [0.25, 0.3) is 10.2 Å². The first-order chi connectivity index (χ1) is 8.65. The SMILES string of the molecule is CCC(C)N(CC)Cc1nc(Cl)c2ccsc2n1.